The van der Waals surface area contributed by atoms with Gasteiger partial charge in [-0.2, -0.15) is 0 Å². The van der Waals surface area contributed by atoms with Crippen LogP contribution in [-0.2, 0) is 11.3 Å². The van der Waals surface area contributed by atoms with Gasteiger partial charge >= 0.3 is 0 Å². The number of hydrogen-bond acceptors (Lipinski definition) is 3. The Balaban J connectivity index is 1.72. The van der Waals surface area contributed by atoms with E-state index in [9.17, 15) is 0 Å². The third-order valence-electron chi connectivity index (χ3n) is 3.71. The molecule has 2 aromatic rings. The standard InChI is InChI=1S/C14H18ClN3O/c15-10-5-6-12-13(9-10)18(14(16)17-12)7-8-19-11-3-1-2-4-11/h5-6,9,11H,1-4,7-8H2,(H2,16,17). The van der Waals surface area contributed by atoms with E-state index in [4.69, 9.17) is 22.1 Å². The van der Waals surface area contributed by atoms with Gasteiger partial charge in [0.2, 0.25) is 5.95 Å². The topological polar surface area (TPSA) is 53.1 Å². The average Bonchev–Trinajstić information content (AvgIpc) is 2.99. The fraction of sp³-hybridized carbons (Fsp3) is 0.500. The van der Waals surface area contributed by atoms with Crippen LogP contribution in [0.4, 0.5) is 5.95 Å². The third kappa shape index (κ3) is 2.69. The van der Waals surface area contributed by atoms with E-state index in [2.05, 4.69) is 4.98 Å². The summed E-state index contributed by atoms with van der Waals surface area (Å²) in [5.74, 6) is 0.521. The van der Waals surface area contributed by atoms with Crippen molar-refractivity contribution < 1.29 is 4.74 Å². The maximum absolute atomic E-state index is 6.02. The highest BCUT2D eigenvalue weighted by molar-refractivity contribution is 6.31. The molecule has 1 aliphatic rings. The monoisotopic (exact) mass is 279 g/mol. The fourth-order valence-electron chi connectivity index (χ4n) is 2.72. The predicted molar refractivity (Wildman–Crippen MR) is 77.4 cm³/mol. The first-order valence-electron chi connectivity index (χ1n) is 6.77. The number of halogens is 1. The highest BCUT2D eigenvalue weighted by Crippen LogP contribution is 2.23. The minimum Gasteiger partial charge on any atom is -0.376 e. The molecule has 1 fully saturated rings. The number of fused-ring (bicyclic) bond motifs is 1. The second-order valence-corrected chi connectivity index (χ2v) is 5.47. The first-order valence-corrected chi connectivity index (χ1v) is 7.15. The van der Waals surface area contributed by atoms with Crippen molar-refractivity contribution in [1.29, 1.82) is 0 Å². The zero-order valence-corrected chi connectivity index (χ0v) is 11.6. The number of rotatable bonds is 4. The highest BCUT2D eigenvalue weighted by Gasteiger charge is 2.15. The van der Waals surface area contributed by atoms with Crippen LogP contribution in [0.5, 0.6) is 0 Å². The summed E-state index contributed by atoms with van der Waals surface area (Å²) in [5, 5.41) is 0.699. The summed E-state index contributed by atoms with van der Waals surface area (Å²) < 4.78 is 7.84. The molecule has 19 heavy (non-hydrogen) atoms. The molecule has 1 aromatic heterocycles. The second kappa shape index (κ2) is 5.39. The molecule has 0 aliphatic heterocycles. The molecule has 0 bridgehead atoms. The largest absolute Gasteiger partial charge is 0.376 e. The predicted octanol–water partition coefficient (Wildman–Crippen LogP) is 3.23. The molecular weight excluding hydrogens is 262 g/mol. The Morgan fingerprint density at radius 3 is 2.95 bits per heavy atom. The van der Waals surface area contributed by atoms with Crippen LogP contribution in [0.1, 0.15) is 25.7 Å². The van der Waals surface area contributed by atoms with Crippen LogP contribution in [0.3, 0.4) is 0 Å². The molecule has 1 aliphatic carbocycles. The second-order valence-electron chi connectivity index (χ2n) is 5.03. The van der Waals surface area contributed by atoms with Gasteiger partial charge in [-0.05, 0) is 31.0 Å². The van der Waals surface area contributed by atoms with Crippen molar-refractivity contribution in [3.63, 3.8) is 0 Å². The van der Waals surface area contributed by atoms with Crippen LogP contribution in [0, 0.1) is 0 Å². The molecule has 2 N–H and O–H groups in total. The van der Waals surface area contributed by atoms with Crippen molar-refractivity contribution in [3.8, 4) is 0 Å². The normalized spacial score (nSPS) is 16.5. The first kappa shape index (κ1) is 12.8. The maximum Gasteiger partial charge on any atom is 0.201 e. The van der Waals surface area contributed by atoms with Gasteiger partial charge in [0.25, 0.3) is 0 Å². The smallest absolute Gasteiger partial charge is 0.201 e. The van der Waals surface area contributed by atoms with Crippen LogP contribution in [0.15, 0.2) is 18.2 Å². The molecule has 0 amide bonds. The van der Waals surface area contributed by atoms with Crippen LogP contribution in [-0.4, -0.2) is 22.3 Å². The van der Waals surface area contributed by atoms with E-state index in [-0.39, 0.29) is 0 Å². The van der Waals surface area contributed by atoms with E-state index in [1.54, 1.807) is 0 Å². The van der Waals surface area contributed by atoms with Crippen molar-refractivity contribution >= 4 is 28.6 Å². The van der Waals surface area contributed by atoms with Crippen LogP contribution < -0.4 is 5.73 Å². The summed E-state index contributed by atoms with van der Waals surface area (Å²) >= 11 is 6.02. The lowest BCUT2D eigenvalue weighted by Gasteiger charge is -2.12. The molecule has 1 saturated carbocycles. The fourth-order valence-corrected chi connectivity index (χ4v) is 2.88. The Kier molecular flexibility index (Phi) is 3.62. The zero-order chi connectivity index (χ0) is 13.2. The number of aromatic nitrogens is 2. The van der Waals surface area contributed by atoms with Crippen LogP contribution >= 0.6 is 11.6 Å². The number of benzene rings is 1. The van der Waals surface area contributed by atoms with Gasteiger partial charge in [-0.1, -0.05) is 24.4 Å². The Hall–Kier alpha value is -1.26. The number of nitrogens with zero attached hydrogens (tertiary/aromatic N) is 2. The lowest BCUT2D eigenvalue weighted by atomic mass is 10.3. The van der Waals surface area contributed by atoms with Crippen molar-refractivity contribution in [2.75, 3.05) is 12.3 Å². The maximum atomic E-state index is 6.02. The Morgan fingerprint density at radius 1 is 1.37 bits per heavy atom. The SMILES string of the molecule is Nc1nc2ccc(Cl)cc2n1CCOC1CCCC1. The molecule has 1 aromatic carbocycles. The van der Waals surface area contributed by atoms with E-state index < -0.39 is 0 Å². The molecule has 1 heterocycles. The van der Waals surface area contributed by atoms with Gasteiger partial charge in [-0.3, -0.25) is 0 Å². The van der Waals surface area contributed by atoms with Gasteiger partial charge in [-0.25, -0.2) is 4.98 Å². The quantitative estimate of drug-likeness (QED) is 0.935. The molecule has 5 heteroatoms. The number of imidazole rings is 1. The highest BCUT2D eigenvalue weighted by atomic mass is 35.5. The molecule has 0 radical (unpaired) electrons. The van der Waals surface area contributed by atoms with E-state index in [0.717, 1.165) is 17.6 Å². The zero-order valence-electron chi connectivity index (χ0n) is 10.8. The summed E-state index contributed by atoms with van der Waals surface area (Å²) in [7, 11) is 0. The minimum absolute atomic E-state index is 0.430. The summed E-state index contributed by atoms with van der Waals surface area (Å²) in [5.41, 5.74) is 7.80. The summed E-state index contributed by atoms with van der Waals surface area (Å²) in [6.07, 6.45) is 5.38. The van der Waals surface area contributed by atoms with E-state index in [1.807, 2.05) is 22.8 Å². The van der Waals surface area contributed by atoms with Gasteiger partial charge in [-0.15, -0.1) is 0 Å². The Bertz CT molecular complexity index is 575. The molecule has 4 nitrogen and oxygen atoms in total. The van der Waals surface area contributed by atoms with Gasteiger partial charge in [0.05, 0.1) is 23.7 Å². The molecule has 0 atom stereocenters. The van der Waals surface area contributed by atoms with Crippen LogP contribution in [0.2, 0.25) is 5.02 Å². The van der Waals surface area contributed by atoms with E-state index in [0.29, 0.717) is 23.7 Å². The molecule has 0 spiro atoms. The molecule has 0 unspecified atom stereocenters. The lowest BCUT2D eigenvalue weighted by Crippen LogP contribution is -2.14. The molecule has 3 rings (SSSR count). The van der Waals surface area contributed by atoms with Crippen molar-refractivity contribution in [1.82, 2.24) is 9.55 Å². The molecular formula is C14H18ClN3O. The van der Waals surface area contributed by atoms with Crippen molar-refractivity contribution in [2.24, 2.45) is 0 Å². The number of nitrogen functional groups attached to an aromatic ring is 1. The van der Waals surface area contributed by atoms with E-state index in [1.165, 1.54) is 25.7 Å². The number of anilines is 1. The minimum atomic E-state index is 0.430. The summed E-state index contributed by atoms with van der Waals surface area (Å²) in [4.78, 5) is 4.33. The number of hydrogen-bond donors (Lipinski definition) is 1. The summed E-state index contributed by atoms with van der Waals surface area (Å²) in [6.45, 7) is 1.39. The van der Waals surface area contributed by atoms with Gasteiger partial charge in [0, 0.05) is 11.6 Å². The van der Waals surface area contributed by atoms with Gasteiger partial charge in [0.1, 0.15) is 0 Å². The molecule has 0 saturated heterocycles. The van der Waals surface area contributed by atoms with Crippen molar-refractivity contribution in [2.45, 2.75) is 38.3 Å². The average molecular weight is 280 g/mol. The van der Waals surface area contributed by atoms with E-state index >= 15 is 0 Å². The third-order valence-corrected chi connectivity index (χ3v) is 3.95. The summed E-state index contributed by atoms with van der Waals surface area (Å²) in [6, 6.07) is 5.62. The van der Waals surface area contributed by atoms with Crippen LogP contribution in [0.25, 0.3) is 11.0 Å². The Labute approximate surface area is 117 Å². The molecule has 102 valence electrons. The van der Waals surface area contributed by atoms with Gasteiger partial charge < -0.3 is 15.0 Å². The number of nitrogens with two attached hydrogens (primary N) is 1. The first-order chi connectivity index (χ1) is 9.24. The lowest BCUT2D eigenvalue weighted by molar-refractivity contribution is 0.0537. The number of ether oxygens (including phenoxy) is 1. The van der Waals surface area contributed by atoms with Crippen molar-refractivity contribution in [3.05, 3.63) is 23.2 Å². The Morgan fingerprint density at radius 2 is 2.16 bits per heavy atom. The van der Waals surface area contributed by atoms with Gasteiger partial charge in [0.15, 0.2) is 0 Å².